The van der Waals surface area contributed by atoms with Gasteiger partial charge in [-0.1, -0.05) is 31.4 Å². The summed E-state index contributed by atoms with van der Waals surface area (Å²) in [6.45, 7) is 5.42. The van der Waals surface area contributed by atoms with Gasteiger partial charge in [0.2, 0.25) is 0 Å². The van der Waals surface area contributed by atoms with Gasteiger partial charge in [0.15, 0.2) is 0 Å². The Morgan fingerprint density at radius 3 is 2.62 bits per heavy atom. The molecule has 0 spiro atoms. The van der Waals surface area contributed by atoms with Crippen LogP contribution in [-0.4, -0.2) is 29.4 Å². The zero-order chi connectivity index (χ0) is 11.4. The minimum atomic E-state index is 0.424. The van der Waals surface area contributed by atoms with E-state index in [0.717, 1.165) is 19.0 Å². The van der Waals surface area contributed by atoms with Crippen molar-refractivity contribution in [1.29, 1.82) is 0 Å². The smallest absolute Gasteiger partial charge is 0.104 e. The lowest BCUT2D eigenvalue weighted by Crippen LogP contribution is -2.43. The van der Waals surface area contributed by atoms with Crippen LogP contribution < -0.4 is 0 Å². The van der Waals surface area contributed by atoms with Gasteiger partial charge in [-0.3, -0.25) is 4.99 Å². The molecule has 1 heterocycles. The van der Waals surface area contributed by atoms with E-state index in [4.69, 9.17) is 4.99 Å². The second-order valence-corrected chi connectivity index (χ2v) is 5.26. The van der Waals surface area contributed by atoms with Gasteiger partial charge in [0.1, 0.15) is 5.84 Å². The molecule has 1 aliphatic carbocycles. The van der Waals surface area contributed by atoms with Crippen LogP contribution in [0.25, 0.3) is 0 Å². The fraction of sp³-hybridized carbons (Fsp3) is 0.786. The largest absolute Gasteiger partial charge is 0.353 e. The Kier molecular flexibility index (Phi) is 4.03. The highest BCUT2D eigenvalue weighted by Gasteiger charge is 2.24. The third-order valence-corrected chi connectivity index (χ3v) is 3.52. The Morgan fingerprint density at radius 1 is 1.19 bits per heavy atom. The van der Waals surface area contributed by atoms with Gasteiger partial charge in [-0.15, -0.1) is 0 Å². The molecule has 2 nitrogen and oxygen atoms in total. The molecule has 1 saturated carbocycles. The minimum absolute atomic E-state index is 0.424. The summed E-state index contributed by atoms with van der Waals surface area (Å²) in [5, 5.41) is 0. The van der Waals surface area contributed by atoms with E-state index in [2.05, 4.69) is 30.9 Å². The van der Waals surface area contributed by atoms with Crippen LogP contribution in [0, 0.1) is 0 Å². The second-order valence-electron chi connectivity index (χ2n) is 5.26. The van der Waals surface area contributed by atoms with E-state index < -0.39 is 0 Å². The first-order valence-electron chi connectivity index (χ1n) is 6.75. The first kappa shape index (κ1) is 11.7. The molecule has 0 saturated heterocycles. The Labute approximate surface area is 99.4 Å². The summed E-state index contributed by atoms with van der Waals surface area (Å²) in [6, 6.07) is 1.18. The molecule has 90 valence electrons. The van der Waals surface area contributed by atoms with Crippen molar-refractivity contribution in [3.8, 4) is 0 Å². The molecule has 0 bridgehead atoms. The van der Waals surface area contributed by atoms with Gasteiger partial charge in [-0.25, -0.2) is 0 Å². The molecule has 2 heteroatoms. The summed E-state index contributed by atoms with van der Waals surface area (Å²) in [6.07, 6.45) is 12.6. The lowest BCUT2D eigenvalue weighted by molar-refractivity contribution is 0.254. The van der Waals surface area contributed by atoms with E-state index in [0.29, 0.717) is 6.04 Å². The standard InChI is InChI=1S/C14H24N2/c1-12(2)15-14-10-6-7-11-16(14)13-8-4-3-5-9-13/h6-7,12-13H,3-5,8-11H2,1-2H3. The maximum absolute atomic E-state index is 4.78. The van der Waals surface area contributed by atoms with E-state index in [1.165, 1.54) is 37.9 Å². The molecule has 0 amide bonds. The van der Waals surface area contributed by atoms with Crippen molar-refractivity contribution in [2.75, 3.05) is 6.54 Å². The highest BCUT2D eigenvalue weighted by molar-refractivity contribution is 5.85. The number of aliphatic imine (C=N–C) groups is 1. The topological polar surface area (TPSA) is 15.6 Å². The van der Waals surface area contributed by atoms with E-state index in [1.807, 2.05) is 0 Å². The SMILES string of the molecule is CC(C)N=C1CC=CCN1C1CCCCC1. The number of hydrogen-bond acceptors (Lipinski definition) is 1. The summed E-state index contributed by atoms with van der Waals surface area (Å²) < 4.78 is 0. The Morgan fingerprint density at radius 2 is 1.94 bits per heavy atom. The van der Waals surface area contributed by atoms with E-state index in [9.17, 15) is 0 Å². The summed E-state index contributed by atoms with van der Waals surface area (Å²) in [7, 11) is 0. The van der Waals surface area contributed by atoms with Crippen LogP contribution in [0.2, 0.25) is 0 Å². The lowest BCUT2D eigenvalue weighted by Gasteiger charge is -2.37. The average molecular weight is 220 g/mol. The molecular weight excluding hydrogens is 196 g/mol. The number of amidine groups is 1. The molecule has 0 aromatic heterocycles. The average Bonchev–Trinajstić information content (AvgIpc) is 2.30. The molecule has 2 rings (SSSR count). The van der Waals surface area contributed by atoms with E-state index in [-0.39, 0.29) is 0 Å². The zero-order valence-electron chi connectivity index (χ0n) is 10.7. The van der Waals surface area contributed by atoms with E-state index >= 15 is 0 Å². The van der Waals surface area contributed by atoms with Crippen LogP contribution in [0.1, 0.15) is 52.4 Å². The molecule has 0 aromatic rings. The van der Waals surface area contributed by atoms with Crippen LogP contribution in [-0.2, 0) is 0 Å². The Bertz CT molecular complexity index is 272. The third-order valence-electron chi connectivity index (χ3n) is 3.52. The normalized spacial score (nSPS) is 25.7. The molecule has 0 radical (unpaired) electrons. The molecule has 2 aliphatic rings. The van der Waals surface area contributed by atoms with Crippen LogP contribution in [0.3, 0.4) is 0 Å². The molecule has 16 heavy (non-hydrogen) atoms. The lowest BCUT2D eigenvalue weighted by atomic mass is 9.93. The number of nitrogens with zero attached hydrogens (tertiary/aromatic N) is 2. The third kappa shape index (κ3) is 2.87. The van der Waals surface area contributed by atoms with Gasteiger partial charge < -0.3 is 4.90 Å². The summed E-state index contributed by atoms with van der Waals surface area (Å²) in [5.41, 5.74) is 0. The van der Waals surface area contributed by atoms with Crippen molar-refractivity contribution < 1.29 is 0 Å². The van der Waals surface area contributed by atoms with Crippen molar-refractivity contribution in [2.45, 2.75) is 64.5 Å². The predicted molar refractivity (Wildman–Crippen MR) is 69.9 cm³/mol. The second kappa shape index (κ2) is 5.51. The van der Waals surface area contributed by atoms with Crippen molar-refractivity contribution in [3.05, 3.63) is 12.2 Å². The molecule has 0 N–H and O–H groups in total. The van der Waals surface area contributed by atoms with Crippen LogP contribution in [0.5, 0.6) is 0 Å². The first-order valence-corrected chi connectivity index (χ1v) is 6.75. The van der Waals surface area contributed by atoms with Crippen LogP contribution in [0.15, 0.2) is 17.1 Å². The van der Waals surface area contributed by atoms with Crippen molar-refractivity contribution in [2.24, 2.45) is 4.99 Å². The fourth-order valence-electron chi connectivity index (χ4n) is 2.78. The van der Waals surface area contributed by atoms with Crippen molar-refractivity contribution in [3.63, 3.8) is 0 Å². The fourth-order valence-corrected chi connectivity index (χ4v) is 2.78. The first-order chi connectivity index (χ1) is 7.77. The van der Waals surface area contributed by atoms with Crippen molar-refractivity contribution >= 4 is 5.84 Å². The molecule has 0 unspecified atom stereocenters. The molecular formula is C14H24N2. The number of hydrogen-bond donors (Lipinski definition) is 0. The summed E-state index contributed by atoms with van der Waals surface area (Å²) in [4.78, 5) is 7.34. The maximum atomic E-state index is 4.78. The van der Waals surface area contributed by atoms with Crippen molar-refractivity contribution in [1.82, 2.24) is 4.90 Å². The van der Waals surface area contributed by atoms with Gasteiger partial charge in [-0.2, -0.15) is 0 Å². The maximum Gasteiger partial charge on any atom is 0.104 e. The molecule has 0 aromatic carbocycles. The van der Waals surface area contributed by atoms with Gasteiger partial charge in [0.05, 0.1) is 0 Å². The molecule has 1 aliphatic heterocycles. The molecule has 0 atom stereocenters. The van der Waals surface area contributed by atoms with E-state index in [1.54, 1.807) is 0 Å². The molecule has 1 fully saturated rings. The highest BCUT2D eigenvalue weighted by atomic mass is 15.2. The zero-order valence-corrected chi connectivity index (χ0v) is 10.7. The quantitative estimate of drug-likeness (QED) is 0.651. The van der Waals surface area contributed by atoms with Gasteiger partial charge in [-0.05, 0) is 26.7 Å². The Hall–Kier alpha value is -0.790. The van der Waals surface area contributed by atoms with Gasteiger partial charge >= 0.3 is 0 Å². The predicted octanol–water partition coefficient (Wildman–Crippen LogP) is 3.39. The number of rotatable bonds is 2. The van der Waals surface area contributed by atoms with Crippen LogP contribution in [0.4, 0.5) is 0 Å². The minimum Gasteiger partial charge on any atom is -0.353 e. The van der Waals surface area contributed by atoms with Gasteiger partial charge in [0.25, 0.3) is 0 Å². The summed E-state index contributed by atoms with van der Waals surface area (Å²) >= 11 is 0. The highest BCUT2D eigenvalue weighted by Crippen LogP contribution is 2.25. The summed E-state index contributed by atoms with van der Waals surface area (Å²) in [5.74, 6) is 1.32. The van der Waals surface area contributed by atoms with Crippen LogP contribution >= 0.6 is 0 Å². The van der Waals surface area contributed by atoms with Gasteiger partial charge in [0, 0.05) is 25.0 Å². The monoisotopic (exact) mass is 220 g/mol. The Balaban J connectivity index is 2.07.